The topological polar surface area (TPSA) is 68.3 Å². The maximum atomic E-state index is 9.20. The second-order valence-electron chi connectivity index (χ2n) is 4.87. The first-order valence-electron chi connectivity index (χ1n) is 6.95. The molecule has 2 aromatic rings. The van der Waals surface area contributed by atoms with Gasteiger partial charge in [0.05, 0.1) is 5.69 Å². The van der Waals surface area contributed by atoms with E-state index in [1.807, 2.05) is 18.2 Å². The van der Waals surface area contributed by atoms with Crippen LogP contribution in [0.5, 0.6) is 11.5 Å². The van der Waals surface area contributed by atoms with Gasteiger partial charge >= 0.3 is 0 Å². The lowest BCUT2D eigenvalue weighted by Crippen LogP contribution is -2.15. The number of ether oxygens (including phenoxy) is 2. The molecule has 2 heterocycles. The van der Waals surface area contributed by atoms with Crippen molar-refractivity contribution in [1.29, 1.82) is 5.26 Å². The molecule has 0 aliphatic carbocycles. The van der Waals surface area contributed by atoms with Gasteiger partial charge in [0.15, 0.2) is 11.5 Å². The van der Waals surface area contributed by atoms with Crippen molar-refractivity contribution in [2.24, 2.45) is 0 Å². The molecule has 0 atom stereocenters. The van der Waals surface area contributed by atoms with E-state index >= 15 is 0 Å². The first-order chi connectivity index (χ1) is 10.2. The van der Waals surface area contributed by atoms with E-state index < -0.39 is 0 Å². The van der Waals surface area contributed by atoms with Crippen LogP contribution >= 0.6 is 11.3 Å². The van der Waals surface area contributed by atoms with Crippen LogP contribution in [0.4, 0.5) is 5.69 Å². The molecule has 21 heavy (non-hydrogen) atoms. The lowest BCUT2D eigenvalue weighted by atomic mass is 10.0. The van der Waals surface area contributed by atoms with Gasteiger partial charge in [0.1, 0.15) is 24.2 Å². The minimum absolute atomic E-state index is 0.564. The van der Waals surface area contributed by atoms with Crippen LogP contribution < -0.4 is 15.2 Å². The third-order valence-corrected chi connectivity index (χ3v) is 4.66. The minimum Gasteiger partial charge on any atom is -0.486 e. The average molecular weight is 300 g/mol. The van der Waals surface area contributed by atoms with Crippen LogP contribution in [0, 0.1) is 11.3 Å². The number of rotatable bonds is 3. The molecule has 5 heteroatoms. The lowest BCUT2D eigenvalue weighted by molar-refractivity contribution is 0.171. The van der Waals surface area contributed by atoms with Gasteiger partial charge in [0.2, 0.25) is 0 Å². The monoisotopic (exact) mass is 300 g/mol. The van der Waals surface area contributed by atoms with E-state index in [4.69, 9.17) is 15.2 Å². The molecular formula is C16H16N2O2S. The van der Waals surface area contributed by atoms with Crippen LogP contribution in [0.3, 0.4) is 0 Å². The minimum atomic E-state index is 0.564. The van der Waals surface area contributed by atoms with E-state index in [9.17, 15) is 5.26 Å². The van der Waals surface area contributed by atoms with Crippen molar-refractivity contribution >= 4 is 17.0 Å². The molecule has 0 unspecified atom stereocenters. The van der Waals surface area contributed by atoms with Crippen LogP contribution in [-0.2, 0) is 6.42 Å². The number of hydrogen-bond acceptors (Lipinski definition) is 5. The highest BCUT2D eigenvalue weighted by molar-refractivity contribution is 7.16. The predicted molar refractivity (Wildman–Crippen MR) is 83.9 cm³/mol. The summed E-state index contributed by atoms with van der Waals surface area (Å²) < 4.78 is 11.2. The number of nitrogens with zero attached hydrogens (tertiary/aromatic N) is 1. The Hall–Kier alpha value is -2.19. The molecule has 1 aromatic carbocycles. The summed E-state index contributed by atoms with van der Waals surface area (Å²) in [6, 6.07) is 8.07. The number of hydrogen-bond donors (Lipinski definition) is 1. The molecule has 1 aromatic heterocycles. The Kier molecular flexibility index (Phi) is 3.72. The van der Waals surface area contributed by atoms with E-state index in [2.05, 4.69) is 13.0 Å². The summed E-state index contributed by atoms with van der Waals surface area (Å²) in [4.78, 5) is 1.64. The normalized spacial score (nSPS) is 13.0. The summed E-state index contributed by atoms with van der Waals surface area (Å²) in [5, 5.41) is 9.20. The fraction of sp³-hybridized carbons (Fsp3) is 0.312. The molecule has 0 radical (unpaired) electrons. The Bertz CT molecular complexity index is 716. The highest BCUT2D eigenvalue weighted by Gasteiger charge is 2.19. The lowest BCUT2D eigenvalue weighted by Gasteiger charge is -2.18. The van der Waals surface area contributed by atoms with Gasteiger partial charge < -0.3 is 15.2 Å². The number of anilines is 1. The largest absolute Gasteiger partial charge is 0.486 e. The van der Waals surface area contributed by atoms with E-state index in [1.165, 1.54) is 11.3 Å². The van der Waals surface area contributed by atoms with Gasteiger partial charge in [-0.1, -0.05) is 13.3 Å². The smallest absolute Gasteiger partial charge is 0.162 e. The van der Waals surface area contributed by atoms with E-state index in [-0.39, 0.29) is 0 Å². The molecule has 1 aliphatic heterocycles. The standard InChI is InChI=1S/C16H16N2O2S/c1-2-3-11-15(18)14(9-17)21-16(11)10-4-5-12-13(8-10)20-7-6-19-12/h4-5,8H,2-3,6-7,18H2,1H3. The van der Waals surface area contributed by atoms with E-state index in [1.54, 1.807) is 0 Å². The fourth-order valence-electron chi connectivity index (χ4n) is 2.48. The van der Waals surface area contributed by atoms with Crippen molar-refractivity contribution in [3.05, 3.63) is 28.6 Å². The maximum absolute atomic E-state index is 9.20. The number of fused-ring (bicyclic) bond motifs is 1. The summed E-state index contributed by atoms with van der Waals surface area (Å²) >= 11 is 1.45. The van der Waals surface area contributed by atoms with Gasteiger partial charge in [-0.2, -0.15) is 5.26 Å². The van der Waals surface area contributed by atoms with E-state index in [0.717, 1.165) is 40.3 Å². The predicted octanol–water partition coefficient (Wildman–Crippen LogP) is 3.59. The Morgan fingerprint density at radius 1 is 1.29 bits per heavy atom. The van der Waals surface area contributed by atoms with Gasteiger partial charge in [0, 0.05) is 4.88 Å². The van der Waals surface area contributed by atoms with Crippen molar-refractivity contribution < 1.29 is 9.47 Å². The Morgan fingerprint density at radius 2 is 2.05 bits per heavy atom. The van der Waals surface area contributed by atoms with Crippen molar-refractivity contribution in [3.63, 3.8) is 0 Å². The van der Waals surface area contributed by atoms with Gasteiger partial charge in [0.25, 0.3) is 0 Å². The SMILES string of the molecule is CCCc1c(-c2ccc3c(c2)OCCO3)sc(C#N)c1N. The molecule has 0 spiro atoms. The Morgan fingerprint density at radius 3 is 2.76 bits per heavy atom. The number of nitrogen functional groups attached to an aromatic ring is 1. The highest BCUT2D eigenvalue weighted by Crippen LogP contribution is 2.42. The fourth-order valence-corrected chi connectivity index (χ4v) is 3.54. The molecule has 0 saturated heterocycles. The highest BCUT2D eigenvalue weighted by atomic mass is 32.1. The molecule has 0 bridgehead atoms. The maximum Gasteiger partial charge on any atom is 0.162 e. The third kappa shape index (κ3) is 2.43. The van der Waals surface area contributed by atoms with Crippen molar-refractivity contribution in [2.75, 3.05) is 18.9 Å². The van der Waals surface area contributed by atoms with Gasteiger partial charge in [-0.3, -0.25) is 0 Å². The van der Waals surface area contributed by atoms with E-state index in [0.29, 0.717) is 23.8 Å². The molecule has 1 aliphatic rings. The molecule has 4 nitrogen and oxygen atoms in total. The van der Waals surface area contributed by atoms with Crippen molar-refractivity contribution in [3.8, 4) is 28.0 Å². The summed E-state index contributed by atoms with van der Waals surface area (Å²) in [7, 11) is 0. The Balaban J connectivity index is 2.09. The first kappa shape index (κ1) is 13.8. The van der Waals surface area contributed by atoms with Crippen molar-refractivity contribution in [1.82, 2.24) is 0 Å². The molecule has 0 fully saturated rings. The molecule has 3 rings (SSSR count). The summed E-state index contributed by atoms with van der Waals surface area (Å²) in [6.45, 7) is 3.25. The van der Waals surface area contributed by atoms with Gasteiger partial charge in [-0.15, -0.1) is 11.3 Å². The van der Waals surface area contributed by atoms with Crippen molar-refractivity contribution in [2.45, 2.75) is 19.8 Å². The number of benzene rings is 1. The summed E-state index contributed by atoms with van der Waals surface area (Å²) in [6.07, 6.45) is 1.86. The second kappa shape index (κ2) is 5.66. The van der Waals surface area contributed by atoms with Gasteiger partial charge in [-0.25, -0.2) is 0 Å². The van der Waals surface area contributed by atoms with Crippen LogP contribution in [0.25, 0.3) is 10.4 Å². The van der Waals surface area contributed by atoms with Gasteiger partial charge in [-0.05, 0) is 35.7 Å². The third-order valence-electron chi connectivity index (χ3n) is 3.45. The molecule has 108 valence electrons. The summed E-state index contributed by atoms with van der Waals surface area (Å²) in [5.41, 5.74) is 8.82. The first-order valence-corrected chi connectivity index (χ1v) is 7.77. The van der Waals surface area contributed by atoms with Crippen LogP contribution in [0.1, 0.15) is 23.8 Å². The number of nitriles is 1. The summed E-state index contributed by atoms with van der Waals surface area (Å²) in [5.74, 6) is 1.53. The second-order valence-corrected chi connectivity index (χ2v) is 5.89. The van der Waals surface area contributed by atoms with Crippen LogP contribution in [0.15, 0.2) is 18.2 Å². The molecule has 0 saturated carbocycles. The average Bonchev–Trinajstić information content (AvgIpc) is 2.84. The Labute approximate surface area is 127 Å². The zero-order chi connectivity index (χ0) is 14.8. The zero-order valence-corrected chi connectivity index (χ0v) is 12.6. The van der Waals surface area contributed by atoms with Crippen LogP contribution in [0.2, 0.25) is 0 Å². The van der Waals surface area contributed by atoms with Crippen LogP contribution in [-0.4, -0.2) is 13.2 Å². The number of nitrogens with two attached hydrogens (primary N) is 1. The molecule has 2 N–H and O–H groups in total. The molecule has 0 amide bonds. The quantitative estimate of drug-likeness (QED) is 0.940. The molecular weight excluding hydrogens is 284 g/mol. The number of thiophene rings is 1. The zero-order valence-electron chi connectivity index (χ0n) is 11.8.